The van der Waals surface area contributed by atoms with E-state index in [-0.39, 0.29) is 12.1 Å². The molecule has 0 aliphatic carbocycles. The summed E-state index contributed by atoms with van der Waals surface area (Å²) in [5.41, 5.74) is 0. The molecule has 0 saturated carbocycles. The van der Waals surface area contributed by atoms with Crippen molar-refractivity contribution >= 4 is 5.97 Å². The van der Waals surface area contributed by atoms with Crippen LogP contribution in [-0.4, -0.2) is 25.3 Å². The minimum Gasteiger partial charge on any atom is -0.462 e. The first-order valence-corrected chi connectivity index (χ1v) is 4.65. The van der Waals surface area contributed by atoms with Crippen LogP contribution in [-0.2, 0) is 14.3 Å². The zero-order valence-corrected chi connectivity index (χ0v) is 7.99. The normalized spacial score (nSPS) is 27.2. The molecule has 0 aromatic carbocycles. The van der Waals surface area contributed by atoms with Crippen molar-refractivity contribution in [3.8, 4) is 0 Å². The Morgan fingerprint density at radius 1 is 1.77 bits per heavy atom. The third kappa shape index (κ3) is 3.19. The van der Waals surface area contributed by atoms with Crippen molar-refractivity contribution in [3.63, 3.8) is 0 Å². The van der Waals surface area contributed by atoms with Gasteiger partial charge in [0.25, 0.3) is 0 Å². The van der Waals surface area contributed by atoms with E-state index in [0.29, 0.717) is 12.5 Å². The number of hydrogen-bond acceptors (Lipinski definition) is 3. The van der Waals surface area contributed by atoms with Crippen LogP contribution in [0.4, 0.5) is 0 Å². The van der Waals surface area contributed by atoms with Gasteiger partial charge in [-0.2, -0.15) is 0 Å². The molecule has 2 unspecified atom stereocenters. The minimum absolute atomic E-state index is 0.262. The lowest BCUT2D eigenvalue weighted by Crippen LogP contribution is -2.16. The standard InChI is InChI=1S/C10H16O3/c1-3-10(11)13-7-5-9-8(2)4-6-12-9/h3,8-9H,1,4-7H2,2H3. The fourth-order valence-electron chi connectivity index (χ4n) is 1.46. The minimum atomic E-state index is -0.356. The maximum absolute atomic E-state index is 10.7. The first-order valence-electron chi connectivity index (χ1n) is 4.65. The first-order chi connectivity index (χ1) is 6.24. The summed E-state index contributed by atoms with van der Waals surface area (Å²) in [7, 11) is 0. The Hall–Kier alpha value is -0.830. The Morgan fingerprint density at radius 2 is 2.54 bits per heavy atom. The number of carbonyl (C=O) groups is 1. The zero-order chi connectivity index (χ0) is 9.68. The average Bonchev–Trinajstić information content (AvgIpc) is 2.52. The molecule has 0 N–H and O–H groups in total. The van der Waals surface area contributed by atoms with Crippen LogP contribution in [0.2, 0.25) is 0 Å². The van der Waals surface area contributed by atoms with Crippen LogP contribution in [0.25, 0.3) is 0 Å². The Morgan fingerprint density at radius 3 is 3.08 bits per heavy atom. The van der Waals surface area contributed by atoms with E-state index in [1.165, 1.54) is 6.08 Å². The maximum atomic E-state index is 10.7. The molecular formula is C10H16O3. The van der Waals surface area contributed by atoms with Gasteiger partial charge in [-0.3, -0.25) is 0 Å². The fraction of sp³-hybridized carbons (Fsp3) is 0.700. The molecule has 74 valence electrons. The van der Waals surface area contributed by atoms with Crippen molar-refractivity contribution in [2.24, 2.45) is 5.92 Å². The van der Waals surface area contributed by atoms with Crippen molar-refractivity contribution in [1.82, 2.24) is 0 Å². The van der Waals surface area contributed by atoms with Crippen molar-refractivity contribution in [3.05, 3.63) is 12.7 Å². The SMILES string of the molecule is C=CC(=O)OCCC1OCCC1C. The summed E-state index contributed by atoms with van der Waals surface area (Å²) in [6.07, 6.45) is 3.34. The van der Waals surface area contributed by atoms with Gasteiger partial charge in [0.2, 0.25) is 0 Å². The van der Waals surface area contributed by atoms with E-state index in [2.05, 4.69) is 13.5 Å². The molecule has 0 radical (unpaired) electrons. The molecule has 0 spiro atoms. The Labute approximate surface area is 78.7 Å². The third-order valence-electron chi connectivity index (χ3n) is 2.35. The van der Waals surface area contributed by atoms with Gasteiger partial charge in [0.05, 0.1) is 12.7 Å². The van der Waals surface area contributed by atoms with E-state index in [1.807, 2.05) is 0 Å². The monoisotopic (exact) mass is 184 g/mol. The highest BCUT2D eigenvalue weighted by Crippen LogP contribution is 2.22. The second-order valence-corrected chi connectivity index (χ2v) is 3.34. The number of ether oxygens (including phenoxy) is 2. The highest BCUT2D eigenvalue weighted by molar-refractivity contribution is 5.81. The van der Waals surface area contributed by atoms with E-state index in [0.717, 1.165) is 19.4 Å². The maximum Gasteiger partial charge on any atom is 0.330 e. The van der Waals surface area contributed by atoms with Gasteiger partial charge >= 0.3 is 5.97 Å². The summed E-state index contributed by atoms with van der Waals surface area (Å²) >= 11 is 0. The molecule has 1 heterocycles. The fourth-order valence-corrected chi connectivity index (χ4v) is 1.46. The summed E-state index contributed by atoms with van der Waals surface area (Å²) in [4.78, 5) is 10.7. The van der Waals surface area contributed by atoms with Crippen molar-refractivity contribution in [2.75, 3.05) is 13.2 Å². The number of rotatable bonds is 4. The molecule has 0 aromatic heterocycles. The smallest absolute Gasteiger partial charge is 0.330 e. The van der Waals surface area contributed by atoms with Crippen LogP contribution >= 0.6 is 0 Å². The Balaban J connectivity index is 2.11. The summed E-state index contributed by atoms with van der Waals surface area (Å²) in [6, 6.07) is 0. The highest BCUT2D eigenvalue weighted by Gasteiger charge is 2.23. The van der Waals surface area contributed by atoms with Crippen molar-refractivity contribution < 1.29 is 14.3 Å². The molecule has 3 heteroatoms. The van der Waals surface area contributed by atoms with Crippen LogP contribution in [0.5, 0.6) is 0 Å². The lowest BCUT2D eigenvalue weighted by atomic mass is 10.0. The van der Waals surface area contributed by atoms with Gasteiger partial charge in [-0.05, 0) is 12.3 Å². The van der Waals surface area contributed by atoms with Gasteiger partial charge in [0.1, 0.15) is 0 Å². The molecule has 13 heavy (non-hydrogen) atoms. The molecule has 0 aromatic rings. The quantitative estimate of drug-likeness (QED) is 0.491. The van der Waals surface area contributed by atoms with E-state index < -0.39 is 0 Å². The second kappa shape index (κ2) is 5.02. The number of esters is 1. The van der Waals surface area contributed by atoms with Crippen LogP contribution in [0.3, 0.4) is 0 Å². The molecule has 0 amide bonds. The predicted molar refractivity (Wildman–Crippen MR) is 49.3 cm³/mol. The van der Waals surface area contributed by atoms with Crippen LogP contribution in [0, 0.1) is 5.92 Å². The predicted octanol–water partition coefficient (Wildman–Crippen LogP) is 1.53. The Kier molecular flexibility index (Phi) is 3.96. The van der Waals surface area contributed by atoms with Gasteiger partial charge in [0, 0.05) is 19.1 Å². The van der Waals surface area contributed by atoms with Crippen LogP contribution in [0.15, 0.2) is 12.7 Å². The number of carbonyl (C=O) groups excluding carboxylic acids is 1. The van der Waals surface area contributed by atoms with E-state index in [9.17, 15) is 4.79 Å². The highest BCUT2D eigenvalue weighted by atomic mass is 16.5. The summed E-state index contributed by atoms with van der Waals surface area (Å²) in [5.74, 6) is 0.230. The van der Waals surface area contributed by atoms with Gasteiger partial charge in [-0.25, -0.2) is 4.79 Å². The number of hydrogen-bond donors (Lipinski definition) is 0. The molecule has 3 nitrogen and oxygen atoms in total. The lowest BCUT2D eigenvalue weighted by molar-refractivity contribution is -0.138. The Bertz CT molecular complexity index is 189. The molecule has 1 rings (SSSR count). The van der Waals surface area contributed by atoms with Gasteiger partial charge in [-0.1, -0.05) is 13.5 Å². The average molecular weight is 184 g/mol. The molecule has 1 aliphatic rings. The molecule has 1 fully saturated rings. The van der Waals surface area contributed by atoms with Crippen molar-refractivity contribution in [1.29, 1.82) is 0 Å². The molecule has 2 atom stereocenters. The van der Waals surface area contributed by atoms with Gasteiger partial charge in [-0.15, -0.1) is 0 Å². The van der Waals surface area contributed by atoms with E-state index in [1.54, 1.807) is 0 Å². The molecule has 1 aliphatic heterocycles. The zero-order valence-electron chi connectivity index (χ0n) is 7.99. The lowest BCUT2D eigenvalue weighted by Gasteiger charge is -2.13. The van der Waals surface area contributed by atoms with Gasteiger partial charge in [0.15, 0.2) is 0 Å². The van der Waals surface area contributed by atoms with E-state index in [4.69, 9.17) is 9.47 Å². The third-order valence-corrected chi connectivity index (χ3v) is 2.35. The van der Waals surface area contributed by atoms with Crippen LogP contribution in [0.1, 0.15) is 19.8 Å². The molecule has 1 saturated heterocycles. The van der Waals surface area contributed by atoms with Crippen LogP contribution < -0.4 is 0 Å². The summed E-state index contributed by atoms with van der Waals surface area (Å²) in [6.45, 7) is 6.74. The topological polar surface area (TPSA) is 35.5 Å². The van der Waals surface area contributed by atoms with E-state index >= 15 is 0 Å². The van der Waals surface area contributed by atoms with Crippen molar-refractivity contribution in [2.45, 2.75) is 25.9 Å². The first kappa shape index (κ1) is 10.3. The summed E-state index contributed by atoms with van der Waals surface area (Å²) in [5, 5.41) is 0. The van der Waals surface area contributed by atoms with Gasteiger partial charge < -0.3 is 9.47 Å². The molecule has 0 bridgehead atoms. The molecular weight excluding hydrogens is 168 g/mol. The summed E-state index contributed by atoms with van der Waals surface area (Å²) < 4.78 is 10.3. The second-order valence-electron chi connectivity index (χ2n) is 3.34. The largest absolute Gasteiger partial charge is 0.462 e.